The Morgan fingerprint density at radius 3 is 1.44 bits per heavy atom. The third-order valence-corrected chi connectivity index (χ3v) is 2.27. The van der Waals surface area contributed by atoms with Gasteiger partial charge in [0, 0.05) is 19.6 Å². The zero-order chi connectivity index (χ0) is 13.6. The summed E-state index contributed by atoms with van der Waals surface area (Å²) in [5.74, 6) is 0. The van der Waals surface area contributed by atoms with Gasteiger partial charge < -0.3 is 20.4 Å². The van der Waals surface area contributed by atoms with Gasteiger partial charge in [0.15, 0.2) is 0 Å². The molecular formula is C13H23NO4. The van der Waals surface area contributed by atoms with Gasteiger partial charge in [0.25, 0.3) is 0 Å². The lowest BCUT2D eigenvalue weighted by atomic mass is 10.2. The van der Waals surface area contributed by atoms with Crippen LogP contribution in [0, 0.1) is 0 Å². The summed E-state index contributed by atoms with van der Waals surface area (Å²) in [6, 6.07) is 9.52. The van der Waals surface area contributed by atoms with E-state index in [9.17, 15) is 0 Å². The molecule has 0 spiro atoms. The highest BCUT2D eigenvalue weighted by molar-refractivity contribution is 5.12. The van der Waals surface area contributed by atoms with E-state index in [-0.39, 0.29) is 26.4 Å². The normalized spacial score (nSPS) is 10.1. The van der Waals surface area contributed by atoms with Crippen molar-refractivity contribution in [3.8, 4) is 0 Å². The predicted molar refractivity (Wildman–Crippen MR) is 70.1 cm³/mol. The molecule has 0 aliphatic heterocycles. The lowest BCUT2D eigenvalue weighted by Crippen LogP contribution is -2.32. The SMILES string of the molecule is OCCN(CCO)CCO.OCc1ccccc1. The van der Waals surface area contributed by atoms with Crippen LogP contribution < -0.4 is 0 Å². The molecule has 5 heteroatoms. The van der Waals surface area contributed by atoms with Gasteiger partial charge in [-0.05, 0) is 5.56 Å². The van der Waals surface area contributed by atoms with Crippen LogP contribution in [-0.2, 0) is 6.61 Å². The number of hydrogen-bond acceptors (Lipinski definition) is 5. The minimum absolute atomic E-state index is 0.0694. The second kappa shape index (κ2) is 12.5. The van der Waals surface area contributed by atoms with Crippen molar-refractivity contribution >= 4 is 0 Å². The van der Waals surface area contributed by atoms with Gasteiger partial charge in [0.1, 0.15) is 0 Å². The molecule has 0 aliphatic rings. The maximum Gasteiger partial charge on any atom is 0.0681 e. The van der Waals surface area contributed by atoms with Crippen LogP contribution >= 0.6 is 0 Å². The molecule has 5 nitrogen and oxygen atoms in total. The summed E-state index contributed by atoms with van der Waals surface area (Å²) in [4.78, 5) is 1.79. The topological polar surface area (TPSA) is 84.2 Å². The van der Waals surface area contributed by atoms with E-state index in [1.165, 1.54) is 0 Å². The summed E-state index contributed by atoms with van der Waals surface area (Å²) in [7, 11) is 0. The molecule has 4 N–H and O–H groups in total. The molecule has 1 rings (SSSR count). The standard InChI is InChI=1S/C7H8O.C6H15NO3/c8-6-7-4-2-1-3-5-7;8-4-1-7(2-5-9)3-6-10/h1-5,8H,6H2;8-10H,1-6H2. The van der Waals surface area contributed by atoms with E-state index < -0.39 is 0 Å². The van der Waals surface area contributed by atoms with E-state index >= 15 is 0 Å². The van der Waals surface area contributed by atoms with E-state index in [1.807, 2.05) is 30.3 Å². The second-order valence-corrected chi connectivity index (χ2v) is 3.66. The smallest absolute Gasteiger partial charge is 0.0681 e. The number of nitrogens with zero attached hydrogens (tertiary/aromatic N) is 1. The number of aliphatic hydroxyl groups excluding tert-OH is 4. The van der Waals surface area contributed by atoms with Gasteiger partial charge in [-0.15, -0.1) is 0 Å². The molecule has 104 valence electrons. The summed E-state index contributed by atoms with van der Waals surface area (Å²) < 4.78 is 0. The van der Waals surface area contributed by atoms with Crippen molar-refractivity contribution in [3.63, 3.8) is 0 Å². The van der Waals surface area contributed by atoms with Crippen LogP contribution in [0.4, 0.5) is 0 Å². The van der Waals surface area contributed by atoms with Gasteiger partial charge in [0.2, 0.25) is 0 Å². The first-order chi connectivity index (χ1) is 8.78. The highest BCUT2D eigenvalue weighted by atomic mass is 16.3. The molecule has 0 fully saturated rings. The fraction of sp³-hybridized carbons (Fsp3) is 0.538. The predicted octanol–water partition coefficient (Wildman–Crippen LogP) is -0.556. The Labute approximate surface area is 108 Å². The third kappa shape index (κ3) is 9.09. The number of aliphatic hydroxyl groups is 4. The highest BCUT2D eigenvalue weighted by Crippen LogP contribution is 1.95. The van der Waals surface area contributed by atoms with E-state index in [1.54, 1.807) is 4.90 Å². The van der Waals surface area contributed by atoms with Crippen LogP contribution in [0.15, 0.2) is 30.3 Å². The van der Waals surface area contributed by atoms with Gasteiger partial charge in [-0.25, -0.2) is 0 Å². The van der Waals surface area contributed by atoms with Crippen LogP contribution in [0.25, 0.3) is 0 Å². The fourth-order valence-corrected chi connectivity index (χ4v) is 1.34. The van der Waals surface area contributed by atoms with Crippen LogP contribution in [0.3, 0.4) is 0 Å². The van der Waals surface area contributed by atoms with Crippen molar-refractivity contribution in [3.05, 3.63) is 35.9 Å². The van der Waals surface area contributed by atoms with Crippen molar-refractivity contribution < 1.29 is 20.4 Å². The lowest BCUT2D eigenvalue weighted by Gasteiger charge is -2.17. The summed E-state index contributed by atoms with van der Waals surface area (Å²) in [5.41, 5.74) is 0.965. The molecule has 0 bridgehead atoms. The summed E-state index contributed by atoms with van der Waals surface area (Å²) in [6.45, 7) is 1.89. The molecule has 0 radical (unpaired) electrons. The van der Waals surface area contributed by atoms with Gasteiger partial charge in [0.05, 0.1) is 26.4 Å². The Hall–Kier alpha value is -0.980. The van der Waals surface area contributed by atoms with Crippen molar-refractivity contribution in [2.75, 3.05) is 39.5 Å². The molecule has 0 aliphatic carbocycles. The quantitative estimate of drug-likeness (QED) is 0.526. The number of benzene rings is 1. The van der Waals surface area contributed by atoms with Crippen LogP contribution in [0.1, 0.15) is 5.56 Å². The average molecular weight is 257 g/mol. The number of rotatable bonds is 7. The molecular weight excluding hydrogens is 234 g/mol. The van der Waals surface area contributed by atoms with Gasteiger partial charge in [-0.1, -0.05) is 30.3 Å². The van der Waals surface area contributed by atoms with Crippen molar-refractivity contribution in [1.29, 1.82) is 0 Å². The van der Waals surface area contributed by atoms with Crippen LogP contribution in [0.2, 0.25) is 0 Å². The summed E-state index contributed by atoms with van der Waals surface area (Å²) >= 11 is 0. The third-order valence-electron chi connectivity index (χ3n) is 2.27. The largest absolute Gasteiger partial charge is 0.395 e. The monoisotopic (exact) mass is 257 g/mol. The van der Waals surface area contributed by atoms with Crippen molar-refractivity contribution in [2.24, 2.45) is 0 Å². The van der Waals surface area contributed by atoms with Crippen molar-refractivity contribution in [2.45, 2.75) is 6.61 Å². The van der Waals surface area contributed by atoms with Crippen LogP contribution in [-0.4, -0.2) is 64.8 Å². The molecule has 0 atom stereocenters. The maximum absolute atomic E-state index is 8.54. The molecule has 0 aromatic heterocycles. The molecule has 0 unspecified atom stereocenters. The summed E-state index contributed by atoms with van der Waals surface area (Å²) in [6.07, 6.45) is 0. The van der Waals surface area contributed by atoms with E-state index in [0.29, 0.717) is 19.6 Å². The Balaban J connectivity index is 0.000000327. The van der Waals surface area contributed by atoms with E-state index in [0.717, 1.165) is 5.56 Å². The highest BCUT2D eigenvalue weighted by Gasteiger charge is 2.00. The van der Waals surface area contributed by atoms with Crippen LogP contribution in [0.5, 0.6) is 0 Å². The molecule has 1 aromatic carbocycles. The fourth-order valence-electron chi connectivity index (χ4n) is 1.34. The van der Waals surface area contributed by atoms with Crippen molar-refractivity contribution in [1.82, 2.24) is 4.90 Å². The first kappa shape index (κ1) is 17.0. The van der Waals surface area contributed by atoms with Gasteiger partial charge >= 0.3 is 0 Å². The number of hydrogen-bond donors (Lipinski definition) is 4. The zero-order valence-electron chi connectivity index (χ0n) is 10.6. The van der Waals surface area contributed by atoms with Gasteiger partial charge in [-0.2, -0.15) is 0 Å². The molecule has 0 saturated heterocycles. The van der Waals surface area contributed by atoms with E-state index in [2.05, 4.69) is 0 Å². The van der Waals surface area contributed by atoms with Gasteiger partial charge in [-0.3, -0.25) is 4.90 Å². The zero-order valence-corrected chi connectivity index (χ0v) is 10.6. The average Bonchev–Trinajstić information content (AvgIpc) is 2.41. The maximum atomic E-state index is 8.54. The Bertz CT molecular complexity index is 255. The lowest BCUT2D eigenvalue weighted by molar-refractivity contribution is 0.136. The minimum Gasteiger partial charge on any atom is -0.395 e. The first-order valence-electron chi connectivity index (χ1n) is 5.98. The molecule has 18 heavy (non-hydrogen) atoms. The first-order valence-corrected chi connectivity index (χ1v) is 5.98. The Kier molecular flexibility index (Phi) is 11.8. The molecule has 0 amide bonds. The Morgan fingerprint density at radius 1 is 0.722 bits per heavy atom. The molecule has 1 aromatic rings. The van der Waals surface area contributed by atoms with E-state index in [4.69, 9.17) is 20.4 Å². The second-order valence-electron chi connectivity index (χ2n) is 3.66. The molecule has 0 saturated carbocycles. The minimum atomic E-state index is 0.0694. The summed E-state index contributed by atoms with van der Waals surface area (Å²) in [5, 5.41) is 34.0. The Morgan fingerprint density at radius 2 is 1.17 bits per heavy atom. The molecule has 0 heterocycles.